The van der Waals surface area contributed by atoms with Crippen molar-refractivity contribution in [1.29, 1.82) is 0 Å². The van der Waals surface area contributed by atoms with E-state index < -0.39 is 29.4 Å². The van der Waals surface area contributed by atoms with Gasteiger partial charge in [-0.3, -0.25) is 24.1 Å². The van der Waals surface area contributed by atoms with Crippen LogP contribution in [0.15, 0.2) is 59.5 Å². The predicted octanol–water partition coefficient (Wildman–Crippen LogP) is 5.80. The van der Waals surface area contributed by atoms with Crippen LogP contribution in [-0.4, -0.2) is 48.1 Å². The van der Waals surface area contributed by atoms with Gasteiger partial charge in [0, 0.05) is 11.4 Å². The van der Waals surface area contributed by atoms with Crippen LogP contribution >= 0.6 is 23.4 Å². The standard InChI is InChI=1S/C29H25ClFN3O6S/c1-16-4-6-19(10-17(16)2)33-27(36)15-40-23-9-5-18(11-24(23)39-3)12-25-28(37)34(29(38)41-25)14-26(35)32-20-7-8-22(31)21(30)13-20/h4-13H,14-15H2,1-3H3,(H,32,35)(H,33,36)/b25-12+. The van der Waals surface area contributed by atoms with Gasteiger partial charge in [0.1, 0.15) is 12.4 Å². The Labute approximate surface area is 244 Å². The highest BCUT2D eigenvalue weighted by atomic mass is 35.5. The highest BCUT2D eigenvalue weighted by Crippen LogP contribution is 2.34. The maximum atomic E-state index is 13.3. The molecule has 12 heteroatoms. The summed E-state index contributed by atoms with van der Waals surface area (Å²) in [7, 11) is 1.43. The number of thioether (sulfide) groups is 1. The van der Waals surface area contributed by atoms with Crippen LogP contribution in [-0.2, 0) is 14.4 Å². The lowest BCUT2D eigenvalue weighted by atomic mass is 10.1. The smallest absolute Gasteiger partial charge is 0.294 e. The summed E-state index contributed by atoms with van der Waals surface area (Å²) in [5.41, 5.74) is 3.59. The SMILES string of the molecule is COc1cc(/C=C2/SC(=O)N(CC(=O)Nc3ccc(F)c(Cl)c3)C2=O)ccc1OCC(=O)Nc1ccc(C)c(C)c1. The monoisotopic (exact) mass is 597 g/mol. The summed E-state index contributed by atoms with van der Waals surface area (Å²) in [4.78, 5) is 51.0. The number of benzene rings is 3. The van der Waals surface area contributed by atoms with Gasteiger partial charge in [0.05, 0.1) is 17.0 Å². The zero-order valence-corrected chi connectivity index (χ0v) is 23.8. The Hall–Kier alpha value is -4.35. The van der Waals surface area contributed by atoms with E-state index in [-0.39, 0.29) is 28.1 Å². The summed E-state index contributed by atoms with van der Waals surface area (Å²) >= 11 is 6.41. The molecule has 3 aromatic carbocycles. The van der Waals surface area contributed by atoms with Crippen molar-refractivity contribution in [3.63, 3.8) is 0 Å². The molecule has 1 aliphatic rings. The van der Waals surface area contributed by atoms with Gasteiger partial charge < -0.3 is 20.1 Å². The molecule has 9 nitrogen and oxygen atoms in total. The molecule has 0 aromatic heterocycles. The second kappa shape index (κ2) is 12.9. The molecule has 0 bridgehead atoms. The molecule has 0 aliphatic carbocycles. The van der Waals surface area contributed by atoms with Crippen molar-refractivity contribution in [1.82, 2.24) is 4.90 Å². The number of ether oxygens (including phenoxy) is 2. The lowest BCUT2D eigenvalue weighted by Gasteiger charge is -2.13. The van der Waals surface area contributed by atoms with Crippen LogP contribution in [0.1, 0.15) is 16.7 Å². The number of amides is 4. The third-order valence-corrected chi connectivity index (χ3v) is 7.21. The van der Waals surface area contributed by atoms with Crippen molar-refractivity contribution in [3.05, 3.63) is 87.0 Å². The largest absolute Gasteiger partial charge is 0.493 e. The minimum Gasteiger partial charge on any atom is -0.493 e. The molecule has 4 amide bonds. The molecule has 0 saturated carbocycles. The summed E-state index contributed by atoms with van der Waals surface area (Å²) in [6.45, 7) is 3.15. The summed E-state index contributed by atoms with van der Waals surface area (Å²) < 4.78 is 24.4. The molecule has 1 fully saturated rings. The van der Waals surface area contributed by atoms with Gasteiger partial charge in [0.2, 0.25) is 5.91 Å². The van der Waals surface area contributed by atoms with Crippen molar-refractivity contribution in [2.75, 3.05) is 30.9 Å². The van der Waals surface area contributed by atoms with Gasteiger partial charge in [-0.2, -0.15) is 0 Å². The van der Waals surface area contributed by atoms with E-state index in [0.29, 0.717) is 34.5 Å². The highest BCUT2D eigenvalue weighted by molar-refractivity contribution is 8.18. The molecule has 2 N–H and O–H groups in total. The Morgan fingerprint density at radius 3 is 2.37 bits per heavy atom. The number of carbonyl (C=O) groups excluding carboxylic acids is 4. The average molecular weight is 598 g/mol. The van der Waals surface area contributed by atoms with Crippen LogP contribution in [0.25, 0.3) is 6.08 Å². The molecule has 41 heavy (non-hydrogen) atoms. The number of imide groups is 1. The number of nitrogens with zero attached hydrogens (tertiary/aromatic N) is 1. The first-order chi connectivity index (χ1) is 19.5. The molecule has 1 aliphatic heterocycles. The van der Waals surface area contributed by atoms with Gasteiger partial charge in [0.25, 0.3) is 17.1 Å². The maximum Gasteiger partial charge on any atom is 0.294 e. The third-order valence-electron chi connectivity index (χ3n) is 6.01. The van der Waals surface area contributed by atoms with Crippen LogP contribution in [0.4, 0.5) is 20.6 Å². The molecule has 0 atom stereocenters. The number of aryl methyl sites for hydroxylation is 2. The van der Waals surface area contributed by atoms with E-state index in [4.69, 9.17) is 21.1 Å². The quantitative estimate of drug-likeness (QED) is 0.300. The Balaban J connectivity index is 1.38. The number of hydrogen-bond acceptors (Lipinski definition) is 7. The molecular weight excluding hydrogens is 573 g/mol. The highest BCUT2D eigenvalue weighted by Gasteiger charge is 2.36. The molecular formula is C29H25ClFN3O6S. The first kappa shape index (κ1) is 29.6. The first-order valence-corrected chi connectivity index (χ1v) is 13.4. The Bertz CT molecular complexity index is 1580. The summed E-state index contributed by atoms with van der Waals surface area (Å²) in [5, 5.41) is 4.47. The van der Waals surface area contributed by atoms with E-state index in [2.05, 4.69) is 10.6 Å². The summed E-state index contributed by atoms with van der Waals surface area (Å²) in [6, 6.07) is 14.0. The molecule has 0 unspecified atom stereocenters. The number of carbonyl (C=O) groups is 4. The molecule has 0 spiro atoms. The lowest BCUT2D eigenvalue weighted by molar-refractivity contribution is -0.127. The molecule has 1 heterocycles. The van der Waals surface area contributed by atoms with Gasteiger partial charge in [-0.25, -0.2) is 4.39 Å². The molecule has 3 aromatic rings. The van der Waals surface area contributed by atoms with Crippen LogP contribution < -0.4 is 20.1 Å². The first-order valence-electron chi connectivity index (χ1n) is 12.2. The van der Waals surface area contributed by atoms with E-state index in [1.807, 2.05) is 32.0 Å². The molecule has 1 saturated heterocycles. The summed E-state index contributed by atoms with van der Waals surface area (Å²) in [6.07, 6.45) is 1.49. The van der Waals surface area contributed by atoms with Gasteiger partial charge in [-0.05, 0) is 90.8 Å². The maximum absolute atomic E-state index is 13.3. The number of anilines is 2. The lowest BCUT2D eigenvalue weighted by Crippen LogP contribution is -2.36. The zero-order valence-electron chi connectivity index (χ0n) is 22.2. The normalized spacial score (nSPS) is 13.9. The van der Waals surface area contributed by atoms with Crippen molar-refractivity contribution in [3.8, 4) is 11.5 Å². The fourth-order valence-corrected chi connectivity index (χ4v) is 4.78. The second-order valence-electron chi connectivity index (χ2n) is 8.99. The Morgan fingerprint density at radius 2 is 1.66 bits per heavy atom. The molecule has 212 valence electrons. The van der Waals surface area contributed by atoms with Crippen LogP contribution in [0.2, 0.25) is 5.02 Å². The van der Waals surface area contributed by atoms with Crippen LogP contribution in [0, 0.1) is 19.7 Å². The van der Waals surface area contributed by atoms with E-state index in [0.717, 1.165) is 22.1 Å². The number of halogens is 2. The average Bonchev–Trinajstić information content (AvgIpc) is 3.19. The van der Waals surface area contributed by atoms with Crippen molar-refractivity contribution < 1.29 is 33.0 Å². The van der Waals surface area contributed by atoms with Crippen molar-refractivity contribution >= 4 is 63.8 Å². The van der Waals surface area contributed by atoms with Crippen LogP contribution in [0.5, 0.6) is 11.5 Å². The fraction of sp³-hybridized carbons (Fsp3) is 0.172. The molecule has 0 radical (unpaired) electrons. The second-order valence-corrected chi connectivity index (χ2v) is 10.4. The van der Waals surface area contributed by atoms with E-state index in [1.165, 1.54) is 25.3 Å². The Morgan fingerprint density at radius 1 is 0.951 bits per heavy atom. The van der Waals surface area contributed by atoms with Crippen molar-refractivity contribution in [2.24, 2.45) is 0 Å². The minimum absolute atomic E-state index is 0.108. The topological polar surface area (TPSA) is 114 Å². The Kier molecular flexibility index (Phi) is 9.31. The number of rotatable bonds is 9. The van der Waals surface area contributed by atoms with E-state index in [1.54, 1.807) is 18.2 Å². The van der Waals surface area contributed by atoms with Gasteiger partial charge >= 0.3 is 0 Å². The zero-order chi connectivity index (χ0) is 29.7. The van der Waals surface area contributed by atoms with E-state index >= 15 is 0 Å². The third kappa shape index (κ3) is 7.44. The number of methoxy groups -OCH3 is 1. The van der Waals surface area contributed by atoms with E-state index in [9.17, 15) is 23.6 Å². The minimum atomic E-state index is -0.652. The molecule has 4 rings (SSSR count). The van der Waals surface area contributed by atoms with Gasteiger partial charge in [0.15, 0.2) is 18.1 Å². The van der Waals surface area contributed by atoms with Gasteiger partial charge in [-0.15, -0.1) is 0 Å². The van der Waals surface area contributed by atoms with Crippen molar-refractivity contribution in [2.45, 2.75) is 13.8 Å². The summed E-state index contributed by atoms with van der Waals surface area (Å²) in [5.74, 6) is -1.66. The predicted molar refractivity (Wildman–Crippen MR) is 156 cm³/mol. The number of nitrogens with one attached hydrogen (secondary N) is 2. The van der Waals surface area contributed by atoms with Crippen LogP contribution in [0.3, 0.4) is 0 Å². The van der Waals surface area contributed by atoms with Gasteiger partial charge in [-0.1, -0.05) is 23.7 Å². The number of hydrogen-bond donors (Lipinski definition) is 2. The fourth-order valence-electron chi connectivity index (χ4n) is 3.76.